The third-order valence-electron chi connectivity index (χ3n) is 15.5. The van der Waals surface area contributed by atoms with Gasteiger partial charge in [-0.3, -0.25) is 4.79 Å². The van der Waals surface area contributed by atoms with E-state index in [0.717, 1.165) is 43.4 Å². The standard InChI is InChI=1S/C40H80O5Si4/c1-16-46(8,9)42-31-24-27-39(7)34-25-26-38(6)32(30(5)20-23-36(41)44-48(12,13)18-3)21-22-33(38)37(34)35(43-47(10,11)17-2)29-40(39,28-31)45-49(14,15)19-4/h30-35,37H,16-29H2,1-15H3/t30?,31-,32?,33?,34?,35+,37?,38?,39?,40-/m1/s1. The lowest BCUT2D eigenvalue weighted by atomic mass is 9.42. The van der Waals surface area contributed by atoms with Gasteiger partial charge >= 0.3 is 0 Å². The van der Waals surface area contributed by atoms with Gasteiger partial charge in [0.25, 0.3) is 5.97 Å². The second kappa shape index (κ2) is 15.2. The minimum atomic E-state index is -1.91. The van der Waals surface area contributed by atoms with Gasteiger partial charge in [-0.05, 0) is 162 Å². The highest BCUT2D eigenvalue weighted by molar-refractivity contribution is 6.72. The van der Waals surface area contributed by atoms with Crippen LogP contribution in [0.15, 0.2) is 0 Å². The van der Waals surface area contributed by atoms with E-state index in [1.54, 1.807) is 0 Å². The molecule has 5 nitrogen and oxygen atoms in total. The van der Waals surface area contributed by atoms with Gasteiger partial charge < -0.3 is 17.7 Å². The molecule has 0 bridgehead atoms. The predicted octanol–water partition coefficient (Wildman–Crippen LogP) is 12.0. The lowest BCUT2D eigenvalue weighted by molar-refractivity contribution is -0.238. The van der Waals surface area contributed by atoms with E-state index in [4.69, 9.17) is 17.7 Å². The molecule has 0 N–H and O–H groups in total. The highest BCUT2D eigenvalue weighted by atomic mass is 28.4. The van der Waals surface area contributed by atoms with E-state index in [1.165, 1.54) is 38.5 Å². The maximum atomic E-state index is 12.9. The first-order chi connectivity index (χ1) is 22.5. The average Bonchev–Trinajstić information content (AvgIpc) is 3.37. The van der Waals surface area contributed by atoms with Crippen LogP contribution in [0, 0.1) is 40.4 Å². The Balaban J connectivity index is 1.69. The Morgan fingerprint density at radius 3 is 1.90 bits per heavy atom. The molecule has 0 aromatic carbocycles. The minimum Gasteiger partial charge on any atom is -0.520 e. The fourth-order valence-corrected chi connectivity index (χ4v) is 16.1. The highest BCUT2D eigenvalue weighted by Crippen LogP contribution is 2.71. The Hall–Kier alpha value is 0.218. The van der Waals surface area contributed by atoms with Gasteiger partial charge in [-0.25, -0.2) is 0 Å². The van der Waals surface area contributed by atoms with Crippen molar-refractivity contribution in [3.63, 3.8) is 0 Å². The van der Waals surface area contributed by atoms with Crippen LogP contribution in [-0.2, 0) is 22.5 Å². The Bertz CT molecular complexity index is 1140. The molecule has 4 aliphatic rings. The lowest BCUT2D eigenvalue weighted by Crippen LogP contribution is -2.70. The first-order valence-corrected chi connectivity index (χ1v) is 33.3. The van der Waals surface area contributed by atoms with Crippen molar-refractivity contribution in [3.8, 4) is 0 Å². The molecule has 4 aliphatic carbocycles. The largest absolute Gasteiger partial charge is 0.520 e. The quantitative estimate of drug-likeness (QED) is 0.156. The van der Waals surface area contributed by atoms with Gasteiger partial charge in [0.05, 0.1) is 11.7 Å². The van der Waals surface area contributed by atoms with Gasteiger partial charge in [0.15, 0.2) is 25.0 Å². The summed E-state index contributed by atoms with van der Waals surface area (Å²) in [5, 5.41) is 0. The van der Waals surface area contributed by atoms with Crippen LogP contribution < -0.4 is 0 Å². The van der Waals surface area contributed by atoms with Gasteiger partial charge in [-0.1, -0.05) is 48.5 Å². The van der Waals surface area contributed by atoms with Crippen LogP contribution in [0.4, 0.5) is 0 Å². The summed E-state index contributed by atoms with van der Waals surface area (Å²) in [6, 6.07) is 4.44. The van der Waals surface area contributed by atoms with Crippen LogP contribution in [0.1, 0.15) is 113 Å². The summed E-state index contributed by atoms with van der Waals surface area (Å²) in [7, 11) is -7.35. The fraction of sp³-hybridized carbons (Fsp3) is 0.975. The number of carbonyl (C=O) groups is 1. The van der Waals surface area contributed by atoms with Crippen LogP contribution in [0.2, 0.25) is 76.6 Å². The fourth-order valence-electron chi connectivity index (χ4n) is 11.2. The van der Waals surface area contributed by atoms with Crippen molar-refractivity contribution in [2.45, 2.75) is 207 Å². The van der Waals surface area contributed by atoms with Gasteiger partial charge in [-0.15, -0.1) is 0 Å². The highest BCUT2D eigenvalue weighted by Gasteiger charge is 2.69. The van der Waals surface area contributed by atoms with Crippen LogP contribution in [0.3, 0.4) is 0 Å². The number of rotatable bonds is 15. The van der Waals surface area contributed by atoms with Gasteiger partial charge in [0.2, 0.25) is 8.32 Å². The first-order valence-electron chi connectivity index (χ1n) is 20.8. The Morgan fingerprint density at radius 2 is 1.31 bits per heavy atom. The Labute approximate surface area is 308 Å². The molecule has 0 saturated heterocycles. The van der Waals surface area contributed by atoms with E-state index in [9.17, 15) is 4.79 Å². The normalized spacial score (nSPS) is 37.6. The number of fused-ring (bicyclic) bond motifs is 5. The molecular weight excluding hydrogens is 673 g/mol. The third-order valence-corrected chi connectivity index (χ3v) is 25.9. The predicted molar refractivity (Wildman–Crippen MR) is 217 cm³/mol. The number of hydrogen-bond donors (Lipinski definition) is 0. The molecule has 286 valence electrons. The van der Waals surface area contributed by atoms with E-state index in [0.29, 0.717) is 47.5 Å². The maximum Gasteiger partial charge on any atom is 0.292 e. The Kier molecular flexibility index (Phi) is 13.0. The molecule has 0 radical (unpaired) electrons. The zero-order valence-corrected chi connectivity index (χ0v) is 39.0. The number of hydrogen-bond acceptors (Lipinski definition) is 5. The maximum absolute atomic E-state index is 12.9. The average molecular weight is 753 g/mol. The summed E-state index contributed by atoms with van der Waals surface area (Å²) in [5.41, 5.74) is 0.253. The topological polar surface area (TPSA) is 54.0 Å². The van der Waals surface area contributed by atoms with Crippen molar-refractivity contribution in [3.05, 3.63) is 0 Å². The molecule has 0 aliphatic heterocycles. The zero-order chi connectivity index (χ0) is 36.8. The van der Waals surface area contributed by atoms with Gasteiger partial charge in [0.1, 0.15) is 0 Å². The second-order valence-electron chi connectivity index (χ2n) is 20.3. The first kappa shape index (κ1) is 42.0. The summed E-state index contributed by atoms with van der Waals surface area (Å²) in [5.74, 6) is 3.11. The summed E-state index contributed by atoms with van der Waals surface area (Å²) < 4.78 is 28.5. The molecule has 9 heteroatoms. The monoisotopic (exact) mass is 753 g/mol. The van der Waals surface area contributed by atoms with Crippen molar-refractivity contribution in [1.29, 1.82) is 0 Å². The molecule has 49 heavy (non-hydrogen) atoms. The summed E-state index contributed by atoms with van der Waals surface area (Å²) in [6.45, 7) is 36.0. The summed E-state index contributed by atoms with van der Waals surface area (Å²) >= 11 is 0. The molecule has 0 heterocycles. The molecule has 4 rings (SSSR count). The molecule has 0 amide bonds. The van der Waals surface area contributed by atoms with E-state index >= 15 is 0 Å². The van der Waals surface area contributed by atoms with Crippen LogP contribution >= 0.6 is 0 Å². The second-order valence-corrected chi connectivity index (χ2v) is 38.1. The third kappa shape index (κ3) is 8.79. The molecule has 0 spiro atoms. The van der Waals surface area contributed by atoms with Crippen LogP contribution in [-0.4, -0.2) is 57.0 Å². The van der Waals surface area contributed by atoms with E-state index in [2.05, 4.69) is 101 Å². The molecule has 10 atom stereocenters. The number of carbonyl (C=O) groups excluding carboxylic acids is 1. The van der Waals surface area contributed by atoms with E-state index in [-0.39, 0.29) is 23.1 Å². The van der Waals surface area contributed by atoms with Crippen molar-refractivity contribution in [1.82, 2.24) is 0 Å². The molecular formula is C40H80O5Si4. The van der Waals surface area contributed by atoms with Crippen molar-refractivity contribution in [2.24, 2.45) is 40.4 Å². The van der Waals surface area contributed by atoms with Crippen molar-refractivity contribution < 1.29 is 22.5 Å². The summed E-state index contributed by atoms with van der Waals surface area (Å²) in [4.78, 5) is 12.9. The smallest absolute Gasteiger partial charge is 0.292 e. The van der Waals surface area contributed by atoms with Gasteiger partial charge in [-0.2, -0.15) is 0 Å². The molecule has 7 unspecified atom stereocenters. The molecule has 0 aromatic rings. The van der Waals surface area contributed by atoms with Crippen LogP contribution in [0.25, 0.3) is 0 Å². The molecule has 4 fully saturated rings. The van der Waals surface area contributed by atoms with E-state index < -0.39 is 33.3 Å². The van der Waals surface area contributed by atoms with E-state index in [1.807, 2.05) is 0 Å². The van der Waals surface area contributed by atoms with Crippen molar-refractivity contribution in [2.75, 3.05) is 0 Å². The van der Waals surface area contributed by atoms with Gasteiger partial charge in [0, 0.05) is 25.4 Å². The minimum absolute atomic E-state index is 0.0358. The Morgan fingerprint density at radius 1 is 0.714 bits per heavy atom. The zero-order valence-electron chi connectivity index (χ0n) is 35.0. The molecule has 0 aromatic heterocycles. The summed E-state index contributed by atoms with van der Waals surface area (Å²) in [6.07, 6.45) is 11.7. The molecule has 4 saturated carbocycles. The van der Waals surface area contributed by atoms with Crippen molar-refractivity contribution >= 4 is 39.2 Å². The SMILES string of the molecule is CC[Si](C)(C)OC(=O)CCC(C)C1CCC2C3C(CCC12C)C1(C)CC[C@@H](O[Si](C)(C)CC)C[C@@]1(O[Si](C)(C)CC)C[C@@H]3O[Si](C)(C)CC. The lowest BCUT2D eigenvalue weighted by Gasteiger charge is -2.69. The van der Waals surface area contributed by atoms with Crippen LogP contribution in [0.5, 0.6) is 0 Å².